The number of carboxylic acid groups (broad SMARTS) is 1. The molecule has 4 N–H and O–H groups in total. The van der Waals surface area contributed by atoms with Gasteiger partial charge in [0, 0.05) is 13.1 Å². The lowest BCUT2D eigenvalue weighted by Crippen LogP contribution is -2.30. The molecule has 0 spiro atoms. The zero-order valence-electron chi connectivity index (χ0n) is 10.2. The third kappa shape index (κ3) is 8.00. The van der Waals surface area contributed by atoms with Gasteiger partial charge in [0.2, 0.25) is 5.91 Å². The molecular formula is C12H17N3O3. The number of allylic oxidation sites excluding steroid dienone is 4. The van der Waals surface area contributed by atoms with Crippen LogP contribution in [-0.2, 0) is 9.59 Å². The van der Waals surface area contributed by atoms with Crippen LogP contribution >= 0.6 is 0 Å². The molecule has 0 bridgehead atoms. The first-order chi connectivity index (χ1) is 8.47. The van der Waals surface area contributed by atoms with Crippen molar-refractivity contribution >= 4 is 18.1 Å². The molecule has 0 aliphatic carbocycles. The molecule has 98 valence electrons. The summed E-state index contributed by atoms with van der Waals surface area (Å²) >= 11 is 0. The van der Waals surface area contributed by atoms with Gasteiger partial charge in [0.25, 0.3) is 0 Å². The fourth-order valence-electron chi connectivity index (χ4n) is 0.961. The monoisotopic (exact) mass is 251 g/mol. The first-order valence-electron chi connectivity index (χ1n) is 5.23. The summed E-state index contributed by atoms with van der Waals surface area (Å²) in [5, 5.41) is 12.3. The van der Waals surface area contributed by atoms with Gasteiger partial charge in [0.1, 0.15) is 6.04 Å². The number of aliphatic carboxylic acids is 1. The highest BCUT2D eigenvalue weighted by atomic mass is 16.4. The van der Waals surface area contributed by atoms with E-state index in [2.05, 4.69) is 17.1 Å². The van der Waals surface area contributed by atoms with Crippen LogP contribution in [0, 0.1) is 0 Å². The minimum atomic E-state index is -1.06. The van der Waals surface area contributed by atoms with E-state index in [1.54, 1.807) is 18.2 Å². The van der Waals surface area contributed by atoms with Crippen molar-refractivity contribution in [1.82, 2.24) is 5.43 Å². The predicted octanol–water partition coefficient (Wildman–Crippen LogP) is 0.579. The van der Waals surface area contributed by atoms with Crippen LogP contribution in [0.1, 0.15) is 13.3 Å². The molecule has 0 aromatic rings. The van der Waals surface area contributed by atoms with Crippen LogP contribution in [-0.4, -0.2) is 29.2 Å². The number of nitrogens with one attached hydrogen (secondary N) is 1. The number of carbonyl (C=O) groups excluding carboxylic acids is 1. The maximum Gasteiger partial charge on any atom is 0.320 e. The van der Waals surface area contributed by atoms with E-state index in [1.165, 1.54) is 19.2 Å². The minimum absolute atomic E-state index is 0.200. The van der Waals surface area contributed by atoms with Crippen molar-refractivity contribution in [2.75, 3.05) is 0 Å². The predicted molar refractivity (Wildman–Crippen MR) is 70.0 cm³/mol. The standard InChI is InChI=1S/C12H17N3O3/c1-3-10(8-11(13)12(17)18)6-4-5-7-14-15-9(2)16/h3-7,11H,1,8,13H2,2H3,(H,15,16)(H,17,18)/b5-4+,10-6+,14-7+. The van der Waals surface area contributed by atoms with Gasteiger partial charge in [-0.3, -0.25) is 9.59 Å². The fraction of sp³-hybridized carbons (Fsp3) is 0.250. The Bertz CT molecular complexity index is 397. The lowest BCUT2D eigenvalue weighted by atomic mass is 10.1. The van der Waals surface area contributed by atoms with Crippen LogP contribution in [0.3, 0.4) is 0 Å². The highest BCUT2D eigenvalue weighted by Gasteiger charge is 2.11. The van der Waals surface area contributed by atoms with Gasteiger partial charge in [-0.1, -0.05) is 24.8 Å². The summed E-state index contributed by atoms with van der Waals surface area (Å²) in [6.07, 6.45) is 8.05. The van der Waals surface area contributed by atoms with E-state index in [9.17, 15) is 9.59 Å². The van der Waals surface area contributed by atoms with E-state index in [0.29, 0.717) is 5.57 Å². The first-order valence-corrected chi connectivity index (χ1v) is 5.23. The fourth-order valence-corrected chi connectivity index (χ4v) is 0.961. The van der Waals surface area contributed by atoms with Gasteiger partial charge >= 0.3 is 5.97 Å². The van der Waals surface area contributed by atoms with Crippen molar-refractivity contribution in [3.8, 4) is 0 Å². The maximum atomic E-state index is 10.6. The summed E-state index contributed by atoms with van der Waals surface area (Å²) in [4.78, 5) is 21.0. The summed E-state index contributed by atoms with van der Waals surface area (Å²) in [6, 6.07) is -0.948. The molecule has 1 atom stereocenters. The zero-order chi connectivity index (χ0) is 14.0. The summed E-state index contributed by atoms with van der Waals surface area (Å²) in [6.45, 7) is 4.92. The number of carbonyl (C=O) groups is 2. The summed E-state index contributed by atoms with van der Waals surface area (Å²) in [5.41, 5.74) is 8.33. The third-order valence-electron chi connectivity index (χ3n) is 1.84. The van der Waals surface area contributed by atoms with Crippen LogP contribution in [0.2, 0.25) is 0 Å². The van der Waals surface area contributed by atoms with Crippen molar-refractivity contribution in [2.45, 2.75) is 19.4 Å². The normalized spacial score (nSPS) is 13.8. The molecular weight excluding hydrogens is 234 g/mol. The maximum absolute atomic E-state index is 10.6. The van der Waals surface area contributed by atoms with Crippen molar-refractivity contribution < 1.29 is 14.7 Å². The van der Waals surface area contributed by atoms with E-state index in [4.69, 9.17) is 10.8 Å². The van der Waals surface area contributed by atoms with Crippen molar-refractivity contribution in [1.29, 1.82) is 0 Å². The molecule has 0 saturated carbocycles. The molecule has 1 unspecified atom stereocenters. The molecule has 0 rings (SSSR count). The molecule has 0 saturated heterocycles. The summed E-state index contributed by atoms with van der Waals surface area (Å²) in [7, 11) is 0. The Labute approximate surface area is 106 Å². The third-order valence-corrected chi connectivity index (χ3v) is 1.84. The molecule has 0 aromatic carbocycles. The van der Waals surface area contributed by atoms with Gasteiger partial charge in [-0.2, -0.15) is 5.10 Å². The number of nitrogens with two attached hydrogens (primary N) is 1. The minimum Gasteiger partial charge on any atom is -0.480 e. The SMILES string of the molecule is C=C\C(=C/C=C/C=N/NC(C)=O)CC(N)C(=O)O. The molecule has 6 heteroatoms. The lowest BCUT2D eigenvalue weighted by molar-refractivity contribution is -0.138. The van der Waals surface area contributed by atoms with Gasteiger partial charge in [-0.25, -0.2) is 5.43 Å². The van der Waals surface area contributed by atoms with Crippen LogP contribution in [0.15, 0.2) is 41.6 Å². The molecule has 18 heavy (non-hydrogen) atoms. The number of hydrogen-bond acceptors (Lipinski definition) is 4. The van der Waals surface area contributed by atoms with E-state index in [0.717, 1.165) is 0 Å². The highest BCUT2D eigenvalue weighted by molar-refractivity contribution is 5.77. The summed E-state index contributed by atoms with van der Waals surface area (Å²) < 4.78 is 0. The number of nitrogens with zero attached hydrogens (tertiary/aromatic N) is 1. The van der Waals surface area contributed by atoms with Crippen molar-refractivity contribution in [3.63, 3.8) is 0 Å². The smallest absolute Gasteiger partial charge is 0.320 e. The second-order valence-electron chi connectivity index (χ2n) is 3.43. The van der Waals surface area contributed by atoms with Crippen molar-refractivity contribution in [3.05, 3.63) is 36.5 Å². The molecule has 1 amide bonds. The Balaban J connectivity index is 4.31. The second-order valence-corrected chi connectivity index (χ2v) is 3.43. The van der Waals surface area contributed by atoms with Crippen molar-refractivity contribution in [2.24, 2.45) is 10.8 Å². The second kappa shape index (κ2) is 8.89. The Hall–Kier alpha value is -2.21. The first kappa shape index (κ1) is 15.8. The molecule has 0 aliphatic heterocycles. The van der Waals surface area contributed by atoms with Gasteiger partial charge in [0.15, 0.2) is 0 Å². The Kier molecular flexibility index (Phi) is 7.80. The average molecular weight is 251 g/mol. The molecule has 0 aliphatic rings. The van der Waals surface area contributed by atoms with Gasteiger partial charge in [0.05, 0.1) is 0 Å². The van der Waals surface area contributed by atoms with E-state index in [1.807, 2.05) is 0 Å². The Morgan fingerprint density at radius 3 is 2.67 bits per heavy atom. The van der Waals surface area contributed by atoms with E-state index in [-0.39, 0.29) is 12.3 Å². The van der Waals surface area contributed by atoms with Gasteiger partial charge in [-0.15, -0.1) is 0 Å². The van der Waals surface area contributed by atoms with Crippen LogP contribution in [0.4, 0.5) is 0 Å². The molecule has 6 nitrogen and oxygen atoms in total. The molecule has 0 heterocycles. The number of hydrazone groups is 1. The van der Waals surface area contributed by atoms with Gasteiger partial charge in [-0.05, 0) is 18.1 Å². The lowest BCUT2D eigenvalue weighted by Gasteiger charge is -2.05. The number of carboxylic acids is 1. The molecule has 0 fully saturated rings. The zero-order valence-corrected chi connectivity index (χ0v) is 10.2. The largest absolute Gasteiger partial charge is 0.480 e. The number of hydrogen-bond donors (Lipinski definition) is 3. The number of rotatable bonds is 7. The quantitative estimate of drug-likeness (QED) is 0.349. The van der Waals surface area contributed by atoms with Crippen LogP contribution < -0.4 is 11.2 Å². The van der Waals surface area contributed by atoms with E-state index < -0.39 is 12.0 Å². The highest BCUT2D eigenvalue weighted by Crippen LogP contribution is 2.05. The van der Waals surface area contributed by atoms with Gasteiger partial charge < -0.3 is 10.8 Å². The van der Waals surface area contributed by atoms with Crippen LogP contribution in [0.25, 0.3) is 0 Å². The average Bonchev–Trinajstić information content (AvgIpc) is 2.31. The van der Waals surface area contributed by atoms with E-state index >= 15 is 0 Å². The topological polar surface area (TPSA) is 105 Å². The molecule has 0 aromatic heterocycles. The van der Waals surface area contributed by atoms with Crippen LogP contribution in [0.5, 0.6) is 0 Å². The Morgan fingerprint density at radius 1 is 1.50 bits per heavy atom. The number of amides is 1. The Morgan fingerprint density at radius 2 is 2.17 bits per heavy atom. The summed E-state index contributed by atoms with van der Waals surface area (Å²) in [5.74, 6) is -1.31. The molecule has 0 radical (unpaired) electrons.